The van der Waals surface area contributed by atoms with E-state index in [0.29, 0.717) is 39.0 Å². The van der Waals surface area contributed by atoms with Crippen LogP contribution in [0.2, 0.25) is 0 Å². The Bertz CT molecular complexity index is 1700. The highest BCUT2D eigenvalue weighted by molar-refractivity contribution is 5.83. The number of carbonyl (C=O) groups excluding carboxylic acids is 2. The van der Waals surface area contributed by atoms with Crippen LogP contribution in [0.15, 0.2) is 83.6 Å². The van der Waals surface area contributed by atoms with Crippen molar-refractivity contribution in [1.82, 2.24) is 25.4 Å². The number of rotatable bonds is 11. The minimum Gasteiger partial charge on any atom is -0.463 e. The largest absolute Gasteiger partial charge is 0.463 e. The maximum absolute atomic E-state index is 13.9. The van der Waals surface area contributed by atoms with Crippen molar-refractivity contribution in [3.63, 3.8) is 0 Å². The van der Waals surface area contributed by atoms with Gasteiger partial charge in [0.1, 0.15) is 11.6 Å². The van der Waals surface area contributed by atoms with Crippen molar-refractivity contribution in [1.29, 1.82) is 0 Å². The zero-order valence-corrected chi connectivity index (χ0v) is 28.0. The fourth-order valence-electron chi connectivity index (χ4n) is 7.05. The lowest BCUT2D eigenvalue weighted by Gasteiger charge is -2.42. The van der Waals surface area contributed by atoms with Crippen molar-refractivity contribution in [2.75, 3.05) is 26.2 Å². The summed E-state index contributed by atoms with van der Waals surface area (Å²) in [6.07, 6.45) is 3.07. The lowest BCUT2D eigenvalue weighted by atomic mass is 9.91. The smallest absolute Gasteiger partial charge is 0.239 e. The fraction of sp³-hybridized carbons (Fsp3) is 0.447. The van der Waals surface area contributed by atoms with E-state index >= 15 is 0 Å². The summed E-state index contributed by atoms with van der Waals surface area (Å²) < 4.78 is 5.54. The Kier molecular flexibility index (Phi) is 10.3. The standard InChI is InChI=1S/C38H47N5O5/c1-38(2,3)41-37(47)32-24-42(22-26-18-34-31(39-21-26)13-16-48-34)14-15-43(32)23-29(44)19-28(17-25-9-5-4-6-10-25)36(46)40-35-30-12-8-7-11-27(30)20-33(35)45/h4-13,16,18,21,28-29,32-33,35,44-45H,14-15,17,19-20,22-24H2,1-3H3,(H,40,46)(H,41,47)/t28-,29+,32+,33-,35+/m1/s1. The predicted molar refractivity (Wildman–Crippen MR) is 184 cm³/mol. The Balaban J connectivity index is 1.15. The van der Waals surface area contributed by atoms with E-state index in [1.165, 1.54) is 0 Å². The van der Waals surface area contributed by atoms with Crippen LogP contribution in [0.5, 0.6) is 0 Å². The maximum Gasteiger partial charge on any atom is 0.239 e. The van der Waals surface area contributed by atoms with Gasteiger partial charge in [-0.15, -0.1) is 0 Å². The first-order valence-electron chi connectivity index (χ1n) is 16.9. The number of aliphatic hydroxyl groups excluding tert-OH is 2. The SMILES string of the molecule is CC(C)(C)NC(=O)[C@@H]1CN(Cc2cnc3ccoc3c2)CCN1C[C@@H](O)C[C@@H](Cc1ccccc1)C(=O)N[C@H]1c2ccccc2C[C@H]1O. The summed E-state index contributed by atoms with van der Waals surface area (Å²) in [5.74, 6) is -0.825. The first kappa shape index (κ1) is 33.8. The molecule has 2 aromatic heterocycles. The zero-order chi connectivity index (χ0) is 33.8. The van der Waals surface area contributed by atoms with E-state index in [0.717, 1.165) is 33.4 Å². The number of aromatic nitrogens is 1. The van der Waals surface area contributed by atoms with Gasteiger partial charge in [-0.1, -0.05) is 54.6 Å². The first-order valence-corrected chi connectivity index (χ1v) is 16.9. The molecule has 48 heavy (non-hydrogen) atoms. The minimum atomic E-state index is -0.854. The number of amides is 2. The Hall–Kier alpha value is -4.09. The van der Waals surface area contributed by atoms with Crippen molar-refractivity contribution in [3.05, 3.63) is 101 Å². The van der Waals surface area contributed by atoms with Crippen LogP contribution in [0.25, 0.3) is 11.1 Å². The number of β-amino-alcohol motifs (C(OH)–C–C–N with tert-alkyl or cyclic N) is 1. The molecule has 1 aliphatic heterocycles. The number of aliphatic hydroxyl groups is 2. The van der Waals surface area contributed by atoms with Gasteiger partial charge in [0.2, 0.25) is 11.8 Å². The molecule has 5 atom stereocenters. The second kappa shape index (κ2) is 14.6. The van der Waals surface area contributed by atoms with Crippen molar-refractivity contribution < 1.29 is 24.2 Å². The molecule has 0 saturated carbocycles. The summed E-state index contributed by atoms with van der Waals surface area (Å²) in [5.41, 5.74) is 5.09. The third kappa shape index (κ3) is 8.30. The molecular formula is C38H47N5O5. The summed E-state index contributed by atoms with van der Waals surface area (Å²) in [5, 5.41) is 28.6. The Labute approximate surface area is 282 Å². The molecule has 1 fully saturated rings. The van der Waals surface area contributed by atoms with Crippen molar-refractivity contribution in [2.24, 2.45) is 5.92 Å². The van der Waals surface area contributed by atoms with Gasteiger partial charge in [0.25, 0.3) is 0 Å². The number of benzene rings is 2. The number of nitrogens with zero attached hydrogens (tertiary/aromatic N) is 3. The number of hydrogen-bond donors (Lipinski definition) is 4. The van der Waals surface area contributed by atoms with Gasteiger partial charge >= 0.3 is 0 Å². The Morgan fingerprint density at radius 2 is 1.81 bits per heavy atom. The first-order chi connectivity index (χ1) is 23.0. The molecule has 0 radical (unpaired) electrons. The lowest BCUT2D eigenvalue weighted by molar-refractivity contribution is -0.132. The molecule has 2 aromatic carbocycles. The predicted octanol–water partition coefficient (Wildman–Crippen LogP) is 3.61. The molecule has 0 unspecified atom stereocenters. The van der Waals surface area contributed by atoms with Crippen LogP contribution < -0.4 is 10.6 Å². The van der Waals surface area contributed by atoms with Crippen LogP contribution in [0.1, 0.15) is 55.5 Å². The third-order valence-corrected chi connectivity index (χ3v) is 9.34. The van der Waals surface area contributed by atoms with Crippen molar-refractivity contribution in [2.45, 2.75) is 76.4 Å². The van der Waals surface area contributed by atoms with E-state index in [4.69, 9.17) is 4.42 Å². The normalized spacial score (nSPS) is 21.5. The zero-order valence-electron chi connectivity index (χ0n) is 28.0. The van der Waals surface area contributed by atoms with Gasteiger partial charge < -0.3 is 25.3 Å². The summed E-state index contributed by atoms with van der Waals surface area (Å²) in [7, 11) is 0. The van der Waals surface area contributed by atoms with Gasteiger partial charge in [0.05, 0.1) is 24.5 Å². The van der Waals surface area contributed by atoms with Crippen LogP contribution in [-0.2, 0) is 29.0 Å². The van der Waals surface area contributed by atoms with Crippen LogP contribution in [0, 0.1) is 5.92 Å². The second-order valence-corrected chi connectivity index (χ2v) is 14.4. The molecule has 1 aliphatic carbocycles. The summed E-state index contributed by atoms with van der Waals surface area (Å²) >= 11 is 0. The number of pyridine rings is 1. The molecule has 6 rings (SSSR count). The summed E-state index contributed by atoms with van der Waals surface area (Å²) in [6, 6.07) is 20.4. The highest BCUT2D eigenvalue weighted by Gasteiger charge is 2.37. The van der Waals surface area contributed by atoms with Gasteiger partial charge in [0.15, 0.2) is 5.58 Å². The van der Waals surface area contributed by atoms with E-state index in [-0.39, 0.29) is 24.8 Å². The quantitative estimate of drug-likeness (QED) is 0.193. The lowest BCUT2D eigenvalue weighted by Crippen LogP contribution is -2.61. The van der Waals surface area contributed by atoms with E-state index < -0.39 is 35.7 Å². The van der Waals surface area contributed by atoms with Crippen LogP contribution in [0.4, 0.5) is 0 Å². The molecule has 254 valence electrons. The average molecular weight is 654 g/mol. The minimum absolute atomic E-state index is 0.0912. The summed E-state index contributed by atoms with van der Waals surface area (Å²) in [4.78, 5) is 36.3. The average Bonchev–Trinajstić information content (AvgIpc) is 3.64. The maximum atomic E-state index is 13.9. The number of hydrogen-bond acceptors (Lipinski definition) is 8. The molecule has 2 amide bonds. The molecule has 4 N–H and O–H groups in total. The number of carbonyl (C=O) groups is 2. The topological polar surface area (TPSA) is 131 Å². The summed E-state index contributed by atoms with van der Waals surface area (Å²) in [6.45, 7) is 8.52. The van der Waals surface area contributed by atoms with E-state index in [2.05, 4.69) is 20.5 Å². The van der Waals surface area contributed by atoms with Crippen LogP contribution in [-0.4, -0.2) is 86.8 Å². The highest BCUT2D eigenvalue weighted by Crippen LogP contribution is 2.32. The molecule has 1 saturated heterocycles. The molecule has 0 bridgehead atoms. The van der Waals surface area contributed by atoms with E-state index in [1.54, 1.807) is 6.26 Å². The Morgan fingerprint density at radius 1 is 1.04 bits per heavy atom. The molecule has 10 heteroatoms. The molecule has 0 spiro atoms. The monoisotopic (exact) mass is 653 g/mol. The van der Waals surface area contributed by atoms with Gasteiger partial charge in [-0.25, -0.2) is 0 Å². The Morgan fingerprint density at radius 3 is 2.60 bits per heavy atom. The molecular weight excluding hydrogens is 606 g/mol. The highest BCUT2D eigenvalue weighted by atomic mass is 16.3. The molecule has 4 aromatic rings. The third-order valence-electron chi connectivity index (χ3n) is 9.34. The molecule has 3 heterocycles. The van der Waals surface area contributed by atoms with E-state index in [9.17, 15) is 19.8 Å². The van der Waals surface area contributed by atoms with Gasteiger partial charge in [-0.05, 0) is 61.9 Å². The van der Waals surface area contributed by atoms with Crippen LogP contribution in [0.3, 0.4) is 0 Å². The molecule has 2 aliphatic rings. The fourth-order valence-corrected chi connectivity index (χ4v) is 7.05. The van der Waals surface area contributed by atoms with Gasteiger partial charge in [-0.3, -0.25) is 24.4 Å². The van der Waals surface area contributed by atoms with Gasteiger partial charge in [-0.2, -0.15) is 0 Å². The van der Waals surface area contributed by atoms with Crippen molar-refractivity contribution in [3.8, 4) is 0 Å². The number of nitrogens with one attached hydrogen (secondary N) is 2. The van der Waals surface area contributed by atoms with E-state index in [1.807, 2.05) is 98.6 Å². The number of piperazine rings is 1. The van der Waals surface area contributed by atoms with Gasteiger partial charge in [0, 0.05) is 62.9 Å². The number of fused-ring (bicyclic) bond motifs is 2. The van der Waals surface area contributed by atoms with Crippen molar-refractivity contribution >= 4 is 22.9 Å². The van der Waals surface area contributed by atoms with Crippen LogP contribution >= 0.6 is 0 Å². The number of furan rings is 1. The molecule has 10 nitrogen and oxygen atoms in total. The second-order valence-electron chi connectivity index (χ2n) is 14.4.